The maximum Gasteiger partial charge on any atom is 0.312 e. The number of aryl methyl sites for hydroxylation is 1. The van der Waals surface area contributed by atoms with Gasteiger partial charge in [0.15, 0.2) is 0 Å². The van der Waals surface area contributed by atoms with E-state index in [-0.39, 0.29) is 18.1 Å². The Labute approximate surface area is 145 Å². The molecule has 0 bridgehead atoms. The van der Waals surface area contributed by atoms with Crippen LogP contribution < -0.4 is 4.90 Å². The van der Waals surface area contributed by atoms with Gasteiger partial charge in [-0.2, -0.15) is 5.10 Å². The molecule has 1 amide bonds. The molecule has 0 unspecified atom stereocenters. The molecule has 0 spiro atoms. The molecular weight excluding hydrogens is 322 g/mol. The first-order valence-electron chi connectivity index (χ1n) is 8.23. The number of hydrogen-bond acceptors (Lipinski definition) is 5. The van der Waals surface area contributed by atoms with Crippen LogP contribution in [0.3, 0.4) is 0 Å². The molecule has 1 aliphatic heterocycles. The summed E-state index contributed by atoms with van der Waals surface area (Å²) in [7, 11) is 0. The molecule has 0 radical (unpaired) electrons. The maximum atomic E-state index is 12.5. The van der Waals surface area contributed by atoms with Crippen LogP contribution in [0.4, 0.5) is 11.4 Å². The summed E-state index contributed by atoms with van der Waals surface area (Å²) in [5.41, 5.74) is 1.90. The van der Waals surface area contributed by atoms with Crippen LogP contribution in [0.1, 0.15) is 11.4 Å². The molecule has 8 nitrogen and oxygen atoms in total. The lowest BCUT2D eigenvalue weighted by Gasteiger charge is -2.36. The highest BCUT2D eigenvalue weighted by molar-refractivity contribution is 5.76. The fourth-order valence-corrected chi connectivity index (χ4v) is 3.19. The van der Waals surface area contributed by atoms with Gasteiger partial charge in [-0.1, -0.05) is 18.2 Å². The summed E-state index contributed by atoms with van der Waals surface area (Å²) in [4.78, 5) is 27.2. The van der Waals surface area contributed by atoms with Gasteiger partial charge in [-0.25, -0.2) is 0 Å². The smallest absolute Gasteiger partial charge is 0.312 e. The average molecular weight is 343 g/mol. The fraction of sp³-hybridized carbons (Fsp3) is 0.412. The Morgan fingerprint density at radius 1 is 1.16 bits per heavy atom. The Hall–Kier alpha value is -2.90. The minimum Gasteiger partial charge on any atom is -0.368 e. The van der Waals surface area contributed by atoms with E-state index in [1.807, 2.05) is 18.2 Å². The molecule has 8 heteroatoms. The lowest BCUT2D eigenvalue weighted by Crippen LogP contribution is -2.49. The highest BCUT2D eigenvalue weighted by Crippen LogP contribution is 2.22. The first-order valence-corrected chi connectivity index (χ1v) is 8.23. The van der Waals surface area contributed by atoms with Crippen LogP contribution in [0.2, 0.25) is 0 Å². The van der Waals surface area contributed by atoms with Gasteiger partial charge in [0.25, 0.3) is 0 Å². The second-order valence-electron chi connectivity index (χ2n) is 6.14. The zero-order valence-electron chi connectivity index (χ0n) is 14.4. The normalized spacial score (nSPS) is 14.6. The molecule has 2 aromatic rings. The van der Waals surface area contributed by atoms with E-state index < -0.39 is 4.92 Å². The first kappa shape index (κ1) is 16.9. The minimum atomic E-state index is -0.447. The summed E-state index contributed by atoms with van der Waals surface area (Å²) >= 11 is 0. The van der Waals surface area contributed by atoms with E-state index in [0.29, 0.717) is 24.5 Å². The third kappa shape index (κ3) is 3.47. The third-order valence-electron chi connectivity index (χ3n) is 4.56. The standard InChI is InChI=1S/C17H21N5O3/c1-13-17(22(24)25)14(2)21(18-13)12-16(23)20-10-8-19(9-11-20)15-6-4-3-5-7-15/h3-7H,8-12H2,1-2H3. The highest BCUT2D eigenvalue weighted by Gasteiger charge is 2.26. The van der Waals surface area contributed by atoms with Gasteiger partial charge in [-0.05, 0) is 26.0 Å². The molecule has 1 fully saturated rings. The summed E-state index contributed by atoms with van der Waals surface area (Å²) < 4.78 is 1.43. The van der Waals surface area contributed by atoms with E-state index in [4.69, 9.17) is 0 Å². The second kappa shape index (κ2) is 6.92. The van der Waals surface area contributed by atoms with Crippen LogP contribution in [0.25, 0.3) is 0 Å². The monoisotopic (exact) mass is 343 g/mol. The lowest BCUT2D eigenvalue weighted by atomic mass is 10.2. The average Bonchev–Trinajstić information content (AvgIpc) is 2.89. The molecule has 0 saturated carbocycles. The molecular formula is C17H21N5O3. The molecule has 1 aromatic heterocycles. The molecule has 0 aliphatic carbocycles. The molecule has 1 aromatic carbocycles. The fourth-order valence-electron chi connectivity index (χ4n) is 3.19. The van der Waals surface area contributed by atoms with Crippen molar-refractivity contribution in [3.05, 3.63) is 51.8 Å². The predicted molar refractivity (Wildman–Crippen MR) is 93.6 cm³/mol. The van der Waals surface area contributed by atoms with Gasteiger partial charge in [0.05, 0.1) is 4.92 Å². The van der Waals surface area contributed by atoms with Crippen molar-refractivity contribution in [2.45, 2.75) is 20.4 Å². The van der Waals surface area contributed by atoms with E-state index in [0.717, 1.165) is 18.8 Å². The Morgan fingerprint density at radius 2 is 1.80 bits per heavy atom. The van der Waals surface area contributed by atoms with Crippen LogP contribution in [-0.2, 0) is 11.3 Å². The Balaban J connectivity index is 1.62. The van der Waals surface area contributed by atoms with Crippen LogP contribution >= 0.6 is 0 Å². The number of piperazine rings is 1. The molecule has 0 N–H and O–H groups in total. The second-order valence-corrected chi connectivity index (χ2v) is 6.14. The van der Waals surface area contributed by atoms with Crippen LogP contribution in [-0.4, -0.2) is 51.7 Å². The number of aromatic nitrogens is 2. The maximum absolute atomic E-state index is 12.5. The molecule has 1 aliphatic rings. The van der Waals surface area contributed by atoms with Crippen LogP contribution in [0.15, 0.2) is 30.3 Å². The summed E-state index contributed by atoms with van der Waals surface area (Å²) in [5, 5.41) is 15.2. The number of para-hydroxylation sites is 1. The predicted octanol–water partition coefficient (Wildman–Crippen LogP) is 1.76. The lowest BCUT2D eigenvalue weighted by molar-refractivity contribution is -0.386. The molecule has 132 valence electrons. The van der Waals surface area contributed by atoms with Gasteiger partial charge < -0.3 is 9.80 Å². The van der Waals surface area contributed by atoms with Crippen LogP contribution in [0.5, 0.6) is 0 Å². The summed E-state index contributed by atoms with van der Waals surface area (Å²) in [5.74, 6) is -0.0618. The van der Waals surface area contributed by atoms with Crippen molar-refractivity contribution >= 4 is 17.3 Å². The van der Waals surface area contributed by atoms with Gasteiger partial charge in [-0.15, -0.1) is 0 Å². The van der Waals surface area contributed by atoms with Crippen molar-refractivity contribution in [1.82, 2.24) is 14.7 Å². The van der Waals surface area contributed by atoms with Crippen molar-refractivity contribution in [2.75, 3.05) is 31.1 Å². The van der Waals surface area contributed by atoms with Crippen molar-refractivity contribution in [1.29, 1.82) is 0 Å². The van der Waals surface area contributed by atoms with Crippen molar-refractivity contribution in [3.63, 3.8) is 0 Å². The SMILES string of the molecule is Cc1nn(CC(=O)N2CCN(c3ccccc3)CC2)c(C)c1[N+](=O)[O-]. The molecule has 1 saturated heterocycles. The van der Waals surface area contributed by atoms with E-state index in [2.05, 4.69) is 22.1 Å². The summed E-state index contributed by atoms with van der Waals surface area (Å²) in [6, 6.07) is 10.1. The number of carbonyl (C=O) groups excluding carboxylic acids is 1. The van der Waals surface area contributed by atoms with Gasteiger partial charge >= 0.3 is 5.69 Å². The quantitative estimate of drug-likeness (QED) is 0.624. The first-order chi connectivity index (χ1) is 12.0. The largest absolute Gasteiger partial charge is 0.368 e. The topological polar surface area (TPSA) is 84.5 Å². The summed E-state index contributed by atoms with van der Waals surface area (Å²) in [6.07, 6.45) is 0. The Morgan fingerprint density at radius 3 is 2.36 bits per heavy atom. The van der Waals surface area contributed by atoms with Crippen molar-refractivity contribution in [3.8, 4) is 0 Å². The number of nitro groups is 1. The minimum absolute atomic E-state index is 0.0123. The zero-order chi connectivity index (χ0) is 18.0. The number of benzene rings is 1. The molecule has 0 atom stereocenters. The van der Waals surface area contributed by atoms with Gasteiger partial charge in [0.2, 0.25) is 5.91 Å². The number of rotatable bonds is 4. The number of carbonyl (C=O) groups is 1. The Bertz CT molecular complexity index is 779. The van der Waals surface area contributed by atoms with Gasteiger partial charge in [-0.3, -0.25) is 19.6 Å². The molecule has 2 heterocycles. The number of amides is 1. The van der Waals surface area contributed by atoms with Gasteiger partial charge in [0, 0.05) is 31.9 Å². The van der Waals surface area contributed by atoms with E-state index in [1.54, 1.807) is 18.7 Å². The van der Waals surface area contributed by atoms with Crippen molar-refractivity contribution in [2.24, 2.45) is 0 Å². The zero-order valence-corrected chi connectivity index (χ0v) is 14.4. The van der Waals surface area contributed by atoms with Gasteiger partial charge in [0.1, 0.15) is 17.9 Å². The number of hydrogen-bond donors (Lipinski definition) is 0. The third-order valence-corrected chi connectivity index (χ3v) is 4.56. The van der Waals surface area contributed by atoms with Crippen LogP contribution in [0, 0.1) is 24.0 Å². The molecule has 25 heavy (non-hydrogen) atoms. The van der Waals surface area contributed by atoms with E-state index >= 15 is 0 Å². The van der Waals surface area contributed by atoms with Crippen molar-refractivity contribution < 1.29 is 9.72 Å². The van der Waals surface area contributed by atoms with E-state index in [9.17, 15) is 14.9 Å². The number of anilines is 1. The number of nitrogens with zero attached hydrogens (tertiary/aromatic N) is 5. The Kier molecular flexibility index (Phi) is 4.69. The highest BCUT2D eigenvalue weighted by atomic mass is 16.6. The summed E-state index contributed by atoms with van der Waals surface area (Å²) in [6.45, 7) is 6.06. The molecule has 3 rings (SSSR count). The van der Waals surface area contributed by atoms with E-state index in [1.165, 1.54) is 4.68 Å².